The van der Waals surface area contributed by atoms with Crippen LogP contribution in [-0.4, -0.2) is 37.1 Å². The summed E-state index contributed by atoms with van der Waals surface area (Å²) in [4.78, 5) is 2.22. The molecule has 1 saturated heterocycles. The van der Waals surface area contributed by atoms with Gasteiger partial charge in [0, 0.05) is 31.3 Å². The molecule has 5 heteroatoms. The molecule has 1 aliphatic heterocycles. The SMILES string of the molecule is CC(COc1c2ccccc2c(O)c2cc(Sc3ccccc3)ccc12)OCC1CO1. The van der Waals surface area contributed by atoms with Crippen LogP contribution in [0.2, 0.25) is 0 Å². The van der Waals surface area contributed by atoms with Gasteiger partial charge in [0.25, 0.3) is 0 Å². The summed E-state index contributed by atoms with van der Waals surface area (Å²) >= 11 is 1.67. The van der Waals surface area contributed by atoms with Gasteiger partial charge in [-0.2, -0.15) is 0 Å². The van der Waals surface area contributed by atoms with Crippen molar-refractivity contribution in [2.24, 2.45) is 0 Å². The molecule has 1 aliphatic rings. The van der Waals surface area contributed by atoms with Gasteiger partial charge in [0.1, 0.15) is 24.2 Å². The van der Waals surface area contributed by atoms with Crippen molar-refractivity contribution in [3.8, 4) is 11.5 Å². The van der Waals surface area contributed by atoms with E-state index in [9.17, 15) is 5.11 Å². The van der Waals surface area contributed by atoms with Crippen molar-refractivity contribution in [3.05, 3.63) is 72.8 Å². The summed E-state index contributed by atoms with van der Waals surface area (Å²) in [5.74, 6) is 1.06. The van der Waals surface area contributed by atoms with E-state index in [0.717, 1.165) is 43.7 Å². The lowest BCUT2D eigenvalue weighted by molar-refractivity contribution is 0.0248. The fraction of sp³-hybridized carbons (Fsp3) is 0.231. The van der Waals surface area contributed by atoms with Crippen molar-refractivity contribution in [1.82, 2.24) is 0 Å². The third-order valence-electron chi connectivity index (χ3n) is 5.33. The summed E-state index contributed by atoms with van der Waals surface area (Å²) in [7, 11) is 0. The minimum absolute atomic E-state index is 0.0558. The summed E-state index contributed by atoms with van der Waals surface area (Å²) in [5.41, 5.74) is 0. The third kappa shape index (κ3) is 4.49. The van der Waals surface area contributed by atoms with Crippen LogP contribution in [0.25, 0.3) is 21.5 Å². The van der Waals surface area contributed by atoms with E-state index in [4.69, 9.17) is 14.2 Å². The van der Waals surface area contributed by atoms with Gasteiger partial charge >= 0.3 is 0 Å². The number of hydrogen-bond donors (Lipinski definition) is 1. The Morgan fingerprint density at radius 2 is 1.65 bits per heavy atom. The predicted octanol–water partition coefficient (Wildman–Crippen LogP) is 6.03. The van der Waals surface area contributed by atoms with Crippen LogP contribution in [-0.2, 0) is 9.47 Å². The lowest BCUT2D eigenvalue weighted by Crippen LogP contribution is -2.20. The zero-order valence-electron chi connectivity index (χ0n) is 17.3. The molecule has 0 amide bonds. The summed E-state index contributed by atoms with van der Waals surface area (Å²) in [6.45, 7) is 3.81. The number of rotatable bonds is 8. The van der Waals surface area contributed by atoms with Gasteiger partial charge in [-0.3, -0.25) is 0 Å². The number of epoxide rings is 1. The fourth-order valence-corrected chi connectivity index (χ4v) is 4.50. The summed E-state index contributed by atoms with van der Waals surface area (Å²) in [5, 5.41) is 14.4. The number of ether oxygens (including phenoxy) is 3. The molecule has 0 saturated carbocycles. The van der Waals surface area contributed by atoms with Gasteiger partial charge in [0.2, 0.25) is 0 Å². The number of aromatic hydroxyl groups is 1. The van der Waals surface area contributed by atoms with Crippen molar-refractivity contribution >= 4 is 33.3 Å². The summed E-state index contributed by atoms with van der Waals surface area (Å²) in [6.07, 6.45) is 0.179. The highest BCUT2D eigenvalue weighted by Gasteiger charge is 2.23. The zero-order chi connectivity index (χ0) is 21.2. The van der Waals surface area contributed by atoms with Crippen molar-refractivity contribution in [2.45, 2.75) is 28.9 Å². The van der Waals surface area contributed by atoms with Crippen LogP contribution < -0.4 is 4.74 Å². The molecule has 4 aromatic rings. The van der Waals surface area contributed by atoms with Gasteiger partial charge in [-0.25, -0.2) is 0 Å². The molecule has 2 unspecified atom stereocenters. The van der Waals surface area contributed by atoms with Crippen LogP contribution >= 0.6 is 11.8 Å². The number of benzene rings is 4. The molecular formula is C26H24O4S. The Morgan fingerprint density at radius 1 is 0.935 bits per heavy atom. The molecule has 0 bridgehead atoms. The Balaban J connectivity index is 1.50. The van der Waals surface area contributed by atoms with Gasteiger partial charge in [-0.15, -0.1) is 0 Å². The van der Waals surface area contributed by atoms with Crippen LogP contribution in [0, 0.1) is 0 Å². The first-order valence-electron chi connectivity index (χ1n) is 10.5. The van der Waals surface area contributed by atoms with Crippen LogP contribution in [0.15, 0.2) is 82.6 Å². The van der Waals surface area contributed by atoms with Gasteiger partial charge in [0.05, 0.1) is 19.3 Å². The van der Waals surface area contributed by atoms with Crippen molar-refractivity contribution in [3.63, 3.8) is 0 Å². The Hall–Kier alpha value is -2.73. The second kappa shape index (κ2) is 8.79. The number of phenolic OH excluding ortho intramolecular Hbond substituents is 1. The quantitative estimate of drug-likeness (QED) is 0.272. The van der Waals surface area contributed by atoms with Gasteiger partial charge in [-0.05, 0) is 37.3 Å². The molecule has 158 valence electrons. The Kier molecular flexibility index (Phi) is 5.72. The monoisotopic (exact) mass is 432 g/mol. The van der Waals surface area contributed by atoms with E-state index in [0.29, 0.717) is 13.2 Å². The molecular weight excluding hydrogens is 408 g/mol. The first kappa shape index (κ1) is 20.2. The van der Waals surface area contributed by atoms with Crippen LogP contribution in [0.5, 0.6) is 11.5 Å². The van der Waals surface area contributed by atoms with Gasteiger partial charge in [-0.1, -0.05) is 54.2 Å². The lowest BCUT2D eigenvalue weighted by atomic mass is 10.0. The standard InChI is InChI=1S/C26H24O4S/c1-17(28-15-18-16-29-18)14-30-26-22-10-6-5-9-21(22)25(27)24-13-20(11-12-23(24)26)31-19-7-3-2-4-8-19/h2-13,17-18,27H,14-16H2,1H3. The maximum atomic E-state index is 11.1. The van der Waals surface area contributed by atoms with E-state index >= 15 is 0 Å². The highest BCUT2D eigenvalue weighted by molar-refractivity contribution is 7.99. The normalized spacial score (nSPS) is 16.5. The minimum Gasteiger partial charge on any atom is -0.507 e. The molecule has 4 aromatic carbocycles. The number of phenols is 1. The minimum atomic E-state index is -0.0558. The molecule has 1 fully saturated rings. The van der Waals surface area contributed by atoms with Crippen LogP contribution in [0.3, 0.4) is 0 Å². The third-order valence-corrected chi connectivity index (χ3v) is 6.33. The predicted molar refractivity (Wildman–Crippen MR) is 124 cm³/mol. The molecule has 5 rings (SSSR count). The second-order valence-electron chi connectivity index (χ2n) is 7.76. The Morgan fingerprint density at radius 3 is 2.42 bits per heavy atom. The molecule has 2 atom stereocenters. The number of fused-ring (bicyclic) bond motifs is 2. The topological polar surface area (TPSA) is 51.2 Å². The molecule has 1 N–H and O–H groups in total. The van der Waals surface area contributed by atoms with Gasteiger partial charge in [0.15, 0.2) is 0 Å². The average Bonchev–Trinajstić information content (AvgIpc) is 3.63. The van der Waals surface area contributed by atoms with E-state index in [1.807, 2.05) is 61.5 Å². The molecule has 31 heavy (non-hydrogen) atoms. The molecule has 4 nitrogen and oxygen atoms in total. The van der Waals surface area contributed by atoms with Crippen LogP contribution in [0.1, 0.15) is 6.92 Å². The number of hydrogen-bond acceptors (Lipinski definition) is 5. The lowest BCUT2D eigenvalue weighted by Gasteiger charge is -2.18. The maximum absolute atomic E-state index is 11.1. The summed E-state index contributed by atoms with van der Waals surface area (Å²) < 4.78 is 17.3. The van der Waals surface area contributed by atoms with E-state index in [1.165, 1.54) is 0 Å². The fourth-order valence-electron chi connectivity index (χ4n) is 3.62. The molecule has 0 radical (unpaired) electrons. The molecule has 1 heterocycles. The maximum Gasteiger partial charge on any atom is 0.135 e. The highest BCUT2D eigenvalue weighted by Crippen LogP contribution is 2.44. The van der Waals surface area contributed by atoms with Crippen molar-refractivity contribution in [1.29, 1.82) is 0 Å². The Bertz CT molecular complexity index is 1200. The highest BCUT2D eigenvalue weighted by atomic mass is 32.2. The zero-order valence-corrected chi connectivity index (χ0v) is 18.1. The molecule has 0 spiro atoms. The van der Waals surface area contributed by atoms with Crippen molar-refractivity contribution in [2.75, 3.05) is 19.8 Å². The smallest absolute Gasteiger partial charge is 0.135 e. The Labute approximate surface area is 185 Å². The van der Waals surface area contributed by atoms with E-state index in [-0.39, 0.29) is 18.0 Å². The molecule has 0 aromatic heterocycles. The van der Waals surface area contributed by atoms with Crippen molar-refractivity contribution < 1.29 is 19.3 Å². The first-order valence-corrected chi connectivity index (χ1v) is 11.3. The van der Waals surface area contributed by atoms with E-state index in [1.54, 1.807) is 11.8 Å². The van der Waals surface area contributed by atoms with Crippen LogP contribution in [0.4, 0.5) is 0 Å². The average molecular weight is 433 g/mol. The largest absolute Gasteiger partial charge is 0.507 e. The molecule has 0 aliphatic carbocycles. The van der Waals surface area contributed by atoms with Gasteiger partial charge < -0.3 is 19.3 Å². The first-order chi connectivity index (χ1) is 15.2. The second-order valence-corrected chi connectivity index (χ2v) is 8.90. The van der Waals surface area contributed by atoms with E-state index < -0.39 is 0 Å². The summed E-state index contributed by atoms with van der Waals surface area (Å²) in [6, 6.07) is 24.2. The van der Waals surface area contributed by atoms with E-state index in [2.05, 4.69) is 18.2 Å².